The highest BCUT2D eigenvalue weighted by Crippen LogP contribution is 2.22. The molecule has 2 rings (SSSR count). The largest absolute Gasteiger partial charge is 0.496 e. The van der Waals surface area contributed by atoms with E-state index in [2.05, 4.69) is 37.9 Å². The fourth-order valence-electron chi connectivity index (χ4n) is 1.46. The van der Waals surface area contributed by atoms with Crippen molar-refractivity contribution in [2.75, 3.05) is 12.4 Å². The van der Waals surface area contributed by atoms with E-state index in [0.717, 1.165) is 20.6 Å². The van der Waals surface area contributed by atoms with E-state index >= 15 is 0 Å². The van der Waals surface area contributed by atoms with Crippen LogP contribution in [0.3, 0.4) is 0 Å². The lowest BCUT2D eigenvalue weighted by atomic mass is 10.2. The van der Waals surface area contributed by atoms with E-state index in [1.165, 1.54) is 0 Å². The average Bonchev–Trinajstić information content (AvgIpc) is 2.32. The summed E-state index contributed by atoms with van der Waals surface area (Å²) in [5.74, 6) is 1.47. The Kier molecular flexibility index (Phi) is 3.78. The molecular weight excluding hydrogens is 329 g/mol. The summed E-state index contributed by atoms with van der Waals surface area (Å²) in [6.45, 7) is 2.00. The lowest BCUT2D eigenvalue weighted by molar-refractivity contribution is 0.412. The monoisotopic (exact) mass is 341 g/mol. The van der Waals surface area contributed by atoms with Gasteiger partial charge in [-0.1, -0.05) is 0 Å². The Hall–Kier alpha value is -1.37. The minimum absolute atomic E-state index is 0.593. The molecule has 0 aliphatic rings. The number of benzene rings is 1. The molecule has 88 valence electrons. The summed E-state index contributed by atoms with van der Waals surface area (Å²) < 4.78 is 6.22. The maximum absolute atomic E-state index is 5.21. The summed E-state index contributed by atoms with van der Waals surface area (Å²) in [7, 11) is 1.66. The predicted octanol–water partition coefficient (Wildman–Crippen LogP) is 3.14. The molecule has 0 saturated carbocycles. The Morgan fingerprint density at radius 1 is 1.24 bits per heavy atom. The number of ether oxygens (including phenoxy) is 1. The quantitative estimate of drug-likeness (QED) is 0.872. The summed E-state index contributed by atoms with van der Waals surface area (Å²) in [5, 5.41) is 3.14. The number of halogens is 1. The molecule has 0 radical (unpaired) electrons. The molecule has 0 spiro atoms. The van der Waals surface area contributed by atoms with E-state index in [-0.39, 0.29) is 0 Å². The van der Waals surface area contributed by atoms with Gasteiger partial charge in [0.05, 0.1) is 7.11 Å². The first-order valence-electron chi connectivity index (χ1n) is 5.08. The molecule has 0 atom stereocenters. The fraction of sp³-hybridized carbons (Fsp3) is 0.167. The number of hydrogen-bond acceptors (Lipinski definition) is 4. The van der Waals surface area contributed by atoms with Gasteiger partial charge in [-0.05, 0) is 53.3 Å². The zero-order valence-electron chi connectivity index (χ0n) is 9.57. The third-order valence-corrected chi connectivity index (χ3v) is 2.83. The van der Waals surface area contributed by atoms with Gasteiger partial charge in [0.2, 0.25) is 5.95 Å². The van der Waals surface area contributed by atoms with Crippen molar-refractivity contribution >= 4 is 34.2 Å². The second-order valence-electron chi connectivity index (χ2n) is 3.53. The van der Waals surface area contributed by atoms with Crippen molar-refractivity contribution in [3.05, 3.63) is 39.7 Å². The molecule has 0 fully saturated rings. The molecule has 0 aliphatic heterocycles. The predicted molar refractivity (Wildman–Crippen MR) is 75.8 cm³/mol. The molecule has 17 heavy (non-hydrogen) atoms. The zero-order chi connectivity index (χ0) is 12.3. The Balaban J connectivity index is 2.19. The van der Waals surface area contributed by atoms with Crippen molar-refractivity contribution in [1.29, 1.82) is 0 Å². The van der Waals surface area contributed by atoms with E-state index in [4.69, 9.17) is 4.74 Å². The van der Waals surface area contributed by atoms with Crippen LogP contribution in [-0.2, 0) is 0 Å². The number of nitrogens with zero attached hydrogens (tertiary/aromatic N) is 2. The standard InChI is InChI=1S/C12H12IN3O/c1-8-5-10(3-4-11(8)17-2)16-12-14-6-9(13)7-15-12/h3-7H,1-2H3,(H,14,15,16). The summed E-state index contributed by atoms with van der Waals surface area (Å²) in [6, 6.07) is 5.86. The van der Waals surface area contributed by atoms with E-state index in [1.807, 2.05) is 25.1 Å². The highest BCUT2D eigenvalue weighted by atomic mass is 127. The second kappa shape index (κ2) is 5.31. The number of nitrogens with one attached hydrogen (secondary N) is 1. The van der Waals surface area contributed by atoms with E-state index in [0.29, 0.717) is 5.95 Å². The maximum atomic E-state index is 5.21. The van der Waals surface area contributed by atoms with Gasteiger partial charge >= 0.3 is 0 Å². The molecule has 1 aromatic heterocycles. The van der Waals surface area contributed by atoms with E-state index in [1.54, 1.807) is 19.5 Å². The van der Waals surface area contributed by atoms with Crippen LogP contribution in [0.4, 0.5) is 11.6 Å². The number of methoxy groups -OCH3 is 1. The second-order valence-corrected chi connectivity index (χ2v) is 4.78. The number of rotatable bonds is 3. The van der Waals surface area contributed by atoms with Gasteiger partial charge in [0, 0.05) is 21.7 Å². The van der Waals surface area contributed by atoms with Gasteiger partial charge in [-0.15, -0.1) is 0 Å². The highest BCUT2D eigenvalue weighted by Gasteiger charge is 2.01. The first kappa shape index (κ1) is 12.1. The Labute approximate surface area is 114 Å². The van der Waals surface area contributed by atoms with Crippen molar-refractivity contribution in [1.82, 2.24) is 9.97 Å². The van der Waals surface area contributed by atoms with Crippen molar-refractivity contribution in [3.63, 3.8) is 0 Å². The van der Waals surface area contributed by atoms with Crippen LogP contribution < -0.4 is 10.1 Å². The van der Waals surface area contributed by atoms with Crippen LogP contribution in [0.2, 0.25) is 0 Å². The van der Waals surface area contributed by atoms with Crippen LogP contribution in [0.25, 0.3) is 0 Å². The van der Waals surface area contributed by atoms with Crippen LogP contribution in [0.15, 0.2) is 30.6 Å². The molecular formula is C12H12IN3O. The molecule has 1 heterocycles. The van der Waals surface area contributed by atoms with E-state index in [9.17, 15) is 0 Å². The normalized spacial score (nSPS) is 10.1. The Morgan fingerprint density at radius 2 is 1.94 bits per heavy atom. The number of aryl methyl sites for hydroxylation is 1. The van der Waals surface area contributed by atoms with E-state index < -0.39 is 0 Å². The summed E-state index contributed by atoms with van der Waals surface area (Å²) in [6.07, 6.45) is 3.54. The minimum atomic E-state index is 0.593. The molecule has 0 aliphatic carbocycles. The maximum Gasteiger partial charge on any atom is 0.227 e. The SMILES string of the molecule is COc1ccc(Nc2ncc(I)cn2)cc1C. The first-order valence-corrected chi connectivity index (χ1v) is 6.16. The zero-order valence-corrected chi connectivity index (χ0v) is 11.7. The highest BCUT2D eigenvalue weighted by molar-refractivity contribution is 14.1. The molecule has 1 aromatic carbocycles. The van der Waals surface area contributed by atoms with Gasteiger partial charge in [-0.25, -0.2) is 9.97 Å². The van der Waals surface area contributed by atoms with Gasteiger partial charge in [0.1, 0.15) is 5.75 Å². The lowest BCUT2D eigenvalue weighted by Gasteiger charge is -2.08. The summed E-state index contributed by atoms with van der Waals surface area (Å²) >= 11 is 2.17. The number of anilines is 2. The van der Waals surface area contributed by atoms with Crippen LogP contribution in [-0.4, -0.2) is 17.1 Å². The summed E-state index contributed by atoms with van der Waals surface area (Å²) in [4.78, 5) is 8.37. The summed E-state index contributed by atoms with van der Waals surface area (Å²) in [5.41, 5.74) is 2.02. The molecule has 0 amide bonds. The van der Waals surface area contributed by atoms with Gasteiger partial charge in [0.25, 0.3) is 0 Å². The van der Waals surface area contributed by atoms with Gasteiger partial charge < -0.3 is 10.1 Å². The number of aromatic nitrogens is 2. The average molecular weight is 341 g/mol. The molecule has 0 unspecified atom stereocenters. The Morgan fingerprint density at radius 3 is 2.53 bits per heavy atom. The van der Waals surface area contributed by atoms with Crippen LogP contribution >= 0.6 is 22.6 Å². The third-order valence-electron chi connectivity index (χ3n) is 2.27. The van der Waals surface area contributed by atoms with Crippen LogP contribution in [0.1, 0.15) is 5.56 Å². The molecule has 2 aromatic rings. The number of hydrogen-bond donors (Lipinski definition) is 1. The van der Waals surface area contributed by atoms with Crippen LogP contribution in [0.5, 0.6) is 5.75 Å². The topological polar surface area (TPSA) is 47.0 Å². The fourth-order valence-corrected chi connectivity index (χ4v) is 1.74. The molecule has 4 nitrogen and oxygen atoms in total. The molecule has 1 N–H and O–H groups in total. The van der Waals surface area contributed by atoms with Crippen LogP contribution in [0, 0.1) is 10.5 Å². The lowest BCUT2D eigenvalue weighted by Crippen LogP contribution is -1.97. The molecule has 0 bridgehead atoms. The van der Waals surface area contributed by atoms with Gasteiger partial charge in [-0.3, -0.25) is 0 Å². The van der Waals surface area contributed by atoms with Gasteiger partial charge in [-0.2, -0.15) is 0 Å². The molecule has 0 saturated heterocycles. The third kappa shape index (κ3) is 3.06. The van der Waals surface area contributed by atoms with Crippen molar-refractivity contribution in [2.45, 2.75) is 6.92 Å². The van der Waals surface area contributed by atoms with Crippen molar-refractivity contribution in [2.24, 2.45) is 0 Å². The van der Waals surface area contributed by atoms with Crippen molar-refractivity contribution < 1.29 is 4.74 Å². The molecule has 5 heteroatoms. The minimum Gasteiger partial charge on any atom is -0.496 e. The smallest absolute Gasteiger partial charge is 0.227 e. The first-order chi connectivity index (χ1) is 8.19. The van der Waals surface area contributed by atoms with Crippen molar-refractivity contribution in [3.8, 4) is 5.75 Å². The van der Waals surface area contributed by atoms with Gasteiger partial charge in [0.15, 0.2) is 0 Å². The Bertz CT molecular complexity index is 514.